The third kappa shape index (κ3) is 2.13. The van der Waals surface area contributed by atoms with Crippen molar-refractivity contribution in [2.24, 2.45) is 0 Å². The van der Waals surface area contributed by atoms with Crippen LogP contribution in [0, 0.1) is 0 Å². The second-order valence-corrected chi connectivity index (χ2v) is 3.45. The molecule has 0 aromatic carbocycles. The molecule has 0 N–H and O–H groups in total. The van der Waals surface area contributed by atoms with E-state index in [-0.39, 0.29) is 0 Å². The van der Waals surface area contributed by atoms with E-state index >= 15 is 0 Å². The van der Waals surface area contributed by atoms with E-state index in [1.54, 1.807) is 18.5 Å². The van der Waals surface area contributed by atoms with Gasteiger partial charge in [-0.2, -0.15) is 0 Å². The Kier molecular flexibility index (Phi) is 2.92. The van der Waals surface area contributed by atoms with Gasteiger partial charge in [0.05, 0.1) is 0 Å². The number of rotatable bonds is 2. The number of pyridine rings is 1. The van der Waals surface area contributed by atoms with Crippen LogP contribution in [0.4, 0.5) is 0 Å². The van der Waals surface area contributed by atoms with Crippen molar-refractivity contribution in [1.29, 1.82) is 0 Å². The predicted octanol–water partition coefficient (Wildman–Crippen LogP) is 2.75. The van der Waals surface area contributed by atoms with Crippen LogP contribution in [0.15, 0.2) is 30.6 Å². The van der Waals surface area contributed by atoms with Crippen molar-refractivity contribution < 1.29 is 0 Å². The molecule has 0 amide bonds. The minimum absolute atomic E-state index is 0.438. The maximum atomic E-state index is 5.81. The average Bonchev–Trinajstić information content (AvgIpc) is 2.29. The monoisotopic (exact) mass is 219 g/mol. The molecular formula is C11H10ClN3. The summed E-state index contributed by atoms with van der Waals surface area (Å²) in [5.41, 5.74) is 1.93. The Hall–Kier alpha value is -1.48. The zero-order chi connectivity index (χ0) is 10.7. The van der Waals surface area contributed by atoms with Crippen LogP contribution in [-0.4, -0.2) is 15.0 Å². The zero-order valence-corrected chi connectivity index (χ0v) is 9.07. The molecule has 0 saturated heterocycles. The maximum Gasteiger partial charge on any atom is 0.179 e. The molecule has 2 aromatic rings. The molecule has 0 aliphatic carbocycles. The number of hydrogen-bond acceptors (Lipinski definition) is 3. The van der Waals surface area contributed by atoms with E-state index in [2.05, 4.69) is 21.9 Å². The van der Waals surface area contributed by atoms with Gasteiger partial charge in [0.25, 0.3) is 0 Å². The summed E-state index contributed by atoms with van der Waals surface area (Å²) in [6, 6.07) is 5.58. The highest BCUT2D eigenvalue weighted by Crippen LogP contribution is 2.18. The number of halogens is 1. The number of aryl methyl sites for hydroxylation is 1. The van der Waals surface area contributed by atoms with Crippen molar-refractivity contribution in [3.63, 3.8) is 0 Å². The maximum absolute atomic E-state index is 5.81. The lowest BCUT2D eigenvalue weighted by molar-refractivity contribution is 1.07. The van der Waals surface area contributed by atoms with E-state index in [4.69, 9.17) is 11.6 Å². The summed E-state index contributed by atoms with van der Waals surface area (Å²) in [7, 11) is 0. The summed E-state index contributed by atoms with van der Waals surface area (Å²) in [5.74, 6) is 0.583. The molecule has 76 valence electrons. The predicted molar refractivity (Wildman–Crippen MR) is 59.7 cm³/mol. The van der Waals surface area contributed by atoms with Crippen LogP contribution in [0.1, 0.15) is 12.5 Å². The van der Waals surface area contributed by atoms with Gasteiger partial charge in [-0.05, 0) is 24.1 Å². The molecule has 15 heavy (non-hydrogen) atoms. The van der Waals surface area contributed by atoms with Gasteiger partial charge >= 0.3 is 0 Å². The molecular weight excluding hydrogens is 210 g/mol. The molecule has 0 atom stereocenters. The summed E-state index contributed by atoms with van der Waals surface area (Å²) in [4.78, 5) is 12.6. The third-order valence-corrected chi connectivity index (χ3v) is 2.32. The van der Waals surface area contributed by atoms with Gasteiger partial charge in [-0.25, -0.2) is 9.97 Å². The second kappa shape index (κ2) is 4.36. The minimum Gasteiger partial charge on any atom is -0.253 e. The van der Waals surface area contributed by atoms with Crippen molar-refractivity contribution in [3.05, 3.63) is 41.3 Å². The molecule has 3 nitrogen and oxygen atoms in total. The summed E-state index contributed by atoms with van der Waals surface area (Å²) < 4.78 is 0. The molecule has 0 aliphatic rings. The lowest BCUT2D eigenvalue weighted by Gasteiger charge is -2.04. The van der Waals surface area contributed by atoms with E-state index in [0.717, 1.165) is 17.7 Å². The molecule has 0 radical (unpaired) electrons. The van der Waals surface area contributed by atoms with E-state index in [1.165, 1.54) is 0 Å². The van der Waals surface area contributed by atoms with Gasteiger partial charge in [0.15, 0.2) is 5.82 Å². The molecule has 2 aromatic heterocycles. The van der Waals surface area contributed by atoms with Crippen molar-refractivity contribution in [3.8, 4) is 11.5 Å². The van der Waals surface area contributed by atoms with E-state index in [0.29, 0.717) is 11.0 Å². The quantitative estimate of drug-likeness (QED) is 0.729. The highest BCUT2D eigenvalue weighted by molar-refractivity contribution is 6.29. The van der Waals surface area contributed by atoms with E-state index < -0.39 is 0 Å². The second-order valence-electron chi connectivity index (χ2n) is 3.07. The van der Waals surface area contributed by atoms with Gasteiger partial charge in [0.1, 0.15) is 10.8 Å². The highest BCUT2D eigenvalue weighted by atomic mass is 35.5. The number of nitrogens with zero attached hydrogens (tertiary/aromatic N) is 3. The molecule has 0 fully saturated rings. The van der Waals surface area contributed by atoms with Gasteiger partial charge in [-0.1, -0.05) is 24.6 Å². The molecule has 2 heterocycles. The van der Waals surface area contributed by atoms with Gasteiger partial charge in [0.2, 0.25) is 0 Å². The van der Waals surface area contributed by atoms with Gasteiger partial charge in [-0.3, -0.25) is 4.98 Å². The third-order valence-electron chi connectivity index (χ3n) is 2.11. The molecule has 0 aliphatic heterocycles. The molecule has 0 unspecified atom stereocenters. The Morgan fingerprint density at radius 2 is 2.07 bits per heavy atom. The first-order valence-corrected chi connectivity index (χ1v) is 5.12. The molecule has 2 rings (SSSR count). The van der Waals surface area contributed by atoms with Crippen LogP contribution in [0.25, 0.3) is 11.5 Å². The highest BCUT2D eigenvalue weighted by Gasteiger charge is 2.07. The standard InChI is InChI=1S/C11H10ClN3/c1-2-8-4-3-6-13-10(8)11-14-7-5-9(12)15-11/h3-7H,2H2,1H3. The lowest BCUT2D eigenvalue weighted by Crippen LogP contribution is -1.95. The number of hydrogen-bond donors (Lipinski definition) is 0. The van der Waals surface area contributed by atoms with Crippen LogP contribution in [0.2, 0.25) is 5.15 Å². The largest absolute Gasteiger partial charge is 0.253 e. The summed E-state index contributed by atoms with van der Waals surface area (Å²) in [6.45, 7) is 2.07. The Morgan fingerprint density at radius 1 is 1.20 bits per heavy atom. The van der Waals surface area contributed by atoms with Crippen LogP contribution in [0.3, 0.4) is 0 Å². The van der Waals surface area contributed by atoms with Crippen molar-refractivity contribution in [1.82, 2.24) is 15.0 Å². The van der Waals surface area contributed by atoms with Crippen LogP contribution < -0.4 is 0 Å². The Bertz CT molecular complexity index is 471. The number of aromatic nitrogens is 3. The lowest BCUT2D eigenvalue weighted by atomic mass is 10.1. The first-order chi connectivity index (χ1) is 7.31. The van der Waals surface area contributed by atoms with Gasteiger partial charge in [0, 0.05) is 12.4 Å². The first kappa shape index (κ1) is 10.1. The topological polar surface area (TPSA) is 38.7 Å². The fourth-order valence-corrected chi connectivity index (χ4v) is 1.51. The SMILES string of the molecule is CCc1cccnc1-c1nccc(Cl)n1. The van der Waals surface area contributed by atoms with E-state index in [9.17, 15) is 0 Å². The first-order valence-electron chi connectivity index (χ1n) is 4.74. The molecule has 0 spiro atoms. The van der Waals surface area contributed by atoms with Crippen LogP contribution in [-0.2, 0) is 6.42 Å². The Morgan fingerprint density at radius 3 is 2.80 bits per heavy atom. The van der Waals surface area contributed by atoms with Crippen molar-refractivity contribution in [2.75, 3.05) is 0 Å². The summed E-state index contributed by atoms with van der Waals surface area (Å²) >= 11 is 5.81. The average molecular weight is 220 g/mol. The van der Waals surface area contributed by atoms with Gasteiger partial charge in [-0.15, -0.1) is 0 Å². The van der Waals surface area contributed by atoms with Crippen LogP contribution >= 0.6 is 11.6 Å². The Balaban J connectivity index is 2.53. The van der Waals surface area contributed by atoms with Crippen LogP contribution in [0.5, 0.6) is 0 Å². The van der Waals surface area contributed by atoms with Crippen molar-refractivity contribution in [2.45, 2.75) is 13.3 Å². The fraction of sp³-hybridized carbons (Fsp3) is 0.182. The van der Waals surface area contributed by atoms with Gasteiger partial charge < -0.3 is 0 Å². The molecule has 4 heteroatoms. The molecule has 0 saturated carbocycles. The summed E-state index contributed by atoms with van der Waals surface area (Å²) in [5, 5.41) is 0.438. The molecule has 0 bridgehead atoms. The van der Waals surface area contributed by atoms with Crippen molar-refractivity contribution >= 4 is 11.6 Å². The normalized spacial score (nSPS) is 10.3. The zero-order valence-electron chi connectivity index (χ0n) is 8.31. The smallest absolute Gasteiger partial charge is 0.179 e. The van der Waals surface area contributed by atoms with E-state index in [1.807, 2.05) is 12.1 Å². The minimum atomic E-state index is 0.438. The Labute approximate surface area is 93.2 Å². The fourth-order valence-electron chi connectivity index (χ4n) is 1.38. The summed E-state index contributed by atoms with van der Waals surface area (Å²) in [6.07, 6.45) is 4.27.